The van der Waals surface area contributed by atoms with Crippen LogP contribution in [0.2, 0.25) is 5.02 Å². The maximum absolute atomic E-state index is 12.6. The zero-order chi connectivity index (χ0) is 19.5. The number of halogens is 1. The van der Waals surface area contributed by atoms with Gasteiger partial charge in [-0.25, -0.2) is 4.98 Å². The number of carbonyl (C=O) groups excluding carboxylic acids is 1. The van der Waals surface area contributed by atoms with Gasteiger partial charge in [-0.05, 0) is 30.7 Å². The highest BCUT2D eigenvalue weighted by Crippen LogP contribution is 2.32. The fourth-order valence-corrected chi connectivity index (χ4v) is 4.24. The highest BCUT2D eigenvalue weighted by atomic mass is 35.5. The van der Waals surface area contributed by atoms with Crippen LogP contribution in [0.4, 0.5) is 0 Å². The summed E-state index contributed by atoms with van der Waals surface area (Å²) < 4.78 is 7.62. The molecule has 1 unspecified atom stereocenters. The molecule has 0 fully saturated rings. The minimum absolute atomic E-state index is 0.0204. The number of amides is 1. The predicted octanol–water partition coefficient (Wildman–Crippen LogP) is 4.57. The van der Waals surface area contributed by atoms with E-state index >= 15 is 0 Å². The Balaban J connectivity index is 1.43. The molecule has 7 heteroatoms. The highest BCUT2D eigenvalue weighted by Gasteiger charge is 2.22. The molecule has 0 radical (unpaired) electrons. The van der Waals surface area contributed by atoms with Gasteiger partial charge in [0, 0.05) is 29.4 Å². The van der Waals surface area contributed by atoms with Crippen molar-refractivity contribution in [1.29, 1.82) is 0 Å². The van der Waals surface area contributed by atoms with Crippen LogP contribution in [0.5, 0.6) is 5.75 Å². The summed E-state index contributed by atoms with van der Waals surface area (Å²) in [6.45, 7) is 2.58. The average molecular weight is 414 g/mol. The summed E-state index contributed by atoms with van der Waals surface area (Å²) >= 11 is 7.65. The molecule has 1 N–H and O–H groups in total. The third-order valence-electron chi connectivity index (χ3n) is 4.73. The molecule has 0 bridgehead atoms. The smallest absolute Gasteiger partial charge is 0.230 e. The van der Waals surface area contributed by atoms with Crippen LogP contribution in [0.15, 0.2) is 60.0 Å². The second-order valence-electron chi connectivity index (χ2n) is 6.55. The SMILES string of the molecule is Cc1c(Cl)cccc1-n1ccnc1SCC(=O)NC1CCOc2ccccc21. The van der Waals surface area contributed by atoms with Gasteiger partial charge in [-0.15, -0.1) is 0 Å². The molecule has 0 saturated carbocycles. The molecule has 28 heavy (non-hydrogen) atoms. The minimum atomic E-state index is -0.0240. The Labute approximate surface area is 173 Å². The maximum atomic E-state index is 12.6. The number of hydrogen-bond acceptors (Lipinski definition) is 4. The number of aromatic nitrogens is 2. The Hall–Kier alpha value is -2.44. The lowest BCUT2D eigenvalue weighted by molar-refractivity contribution is -0.119. The van der Waals surface area contributed by atoms with E-state index in [1.165, 1.54) is 11.8 Å². The van der Waals surface area contributed by atoms with E-state index in [1.54, 1.807) is 6.20 Å². The second kappa shape index (κ2) is 8.29. The van der Waals surface area contributed by atoms with Crippen LogP contribution in [0.25, 0.3) is 5.69 Å². The van der Waals surface area contributed by atoms with Crippen LogP contribution >= 0.6 is 23.4 Å². The van der Waals surface area contributed by atoms with E-state index in [0.29, 0.717) is 11.6 Å². The third kappa shape index (κ3) is 3.88. The number of rotatable bonds is 5. The fourth-order valence-electron chi connectivity index (χ4n) is 3.30. The lowest BCUT2D eigenvalue weighted by Crippen LogP contribution is -2.33. The van der Waals surface area contributed by atoms with E-state index in [4.69, 9.17) is 16.3 Å². The van der Waals surface area contributed by atoms with E-state index in [-0.39, 0.29) is 17.7 Å². The first-order valence-corrected chi connectivity index (χ1v) is 10.4. The molecule has 5 nitrogen and oxygen atoms in total. The van der Waals surface area contributed by atoms with Gasteiger partial charge in [0.15, 0.2) is 5.16 Å². The number of para-hydroxylation sites is 1. The van der Waals surface area contributed by atoms with E-state index in [9.17, 15) is 4.79 Å². The van der Waals surface area contributed by atoms with Gasteiger partial charge in [-0.1, -0.05) is 47.6 Å². The molecular formula is C21H20ClN3O2S. The Morgan fingerprint density at radius 1 is 1.32 bits per heavy atom. The molecule has 2 heterocycles. The number of carbonyl (C=O) groups is 1. The van der Waals surface area contributed by atoms with Gasteiger partial charge in [-0.2, -0.15) is 0 Å². The van der Waals surface area contributed by atoms with Crippen LogP contribution < -0.4 is 10.1 Å². The Morgan fingerprint density at radius 2 is 2.18 bits per heavy atom. The number of nitrogens with zero attached hydrogens (tertiary/aromatic N) is 2. The van der Waals surface area contributed by atoms with E-state index in [2.05, 4.69) is 10.3 Å². The summed E-state index contributed by atoms with van der Waals surface area (Å²) in [4.78, 5) is 17.0. The first-order chi connectivity index (χ1) is 13.6. The summed E-state index contributed by atoms with van der Waals surface area (Å²) in [6, 6.07) is 13.6. The Bertz CT molecular complexity index is 1000. The lowest BCUT2D eigenvalue weighted by atomic mass is 10.0. The van der Waals surface area contributed by atoms with E-state index in [1.807, 2.05) is 60.2 Å². The molecule has 1 amide bonds. The summed E-state index contributed by atoms with van der Waals surface area (Å²) in [5.74, 6) is 1.11. The third-order valence-corrected chi connectivity index (χ3v) is 6.11. The van der Waals surface area contributed by atoms with Gasteiger partial charge in [0.25, 0.3) is 0 Å². The van der Waals surface area contributed by atoms with Crippen molar-refractivity contribution in [1.82, 2.24) is 14.9 Å². The standard InChI is InChI=1S/C21H20ClN3O2S/c1-14-16(22)6-4-7-18(14)25-11-10-23-21(25)28-13-20(26)24-17-9-12-27-19-8-3-2-5-15(17)19/h2-8,10-11,17H,9,12-13H2,1H3,(H,24,26). The molecular weight excluding hydrogens is 394 g/mol. The highest BCUT2D eigenvalue weighted by molar-refractivity contribution is 7.99. The first-order valence-electron chi connectivity index (χ1n) is 9.06. The number of benzene rings is 2. The summed E-state index contributed by atoms with van der Waals surface area (Å²) in [7, 11) is 0. The van der Waals surface area contributed by atoms with Crippen molar-refractivity contribution in [2.75, 3.05) is 12.4 Å². The van der Waals surface area contributed by atoms with Crippen molar-refractivity contribution in [2.45, 2.75) is 24.5 Å². The average Bonchev–Trinajstić information content (AvgIpc) is 3.17. The van der Waals surface area contributed by atoms with Crippen molar-refractivity contribution < 1.29 is 9.53 Å². The van der Waals surface area contributed by atoms with Crippen molar-refractivity contribution in [3.8, 4) is 11.4 Å². The van der Waals surface area contributed by atoms with Crippen molar-refractivity contribution in [2.24, 2.45) is 0 Å². The number of imidazole rings is 1. The number of nitrogens with one attached hydrogen (secondary N) is 1. The predicted molar refractivity (Wildman–Crippen MR) is 111 cm³/mol. The summed E-state index contributed by atoms with van der Waals surface area (Å²) in [5, 5.41) is 4.58. The molecule has 1 aliphatic rings. The van der Waals surface area contributed by atoms with Gasteiger partial charge in [0.2, 0.25) is 5.91 Å². The molecule has 1 aliphatic heterocycles. The normalized spacial score (nSPS) is 15.6. The zero-order valence-corrected chi connectivity index (χ0v) is 17.0. The van der Waals surface area contributed by atoms with Crippen molar-refractivity contribution in [3.63, 3.8) is 0 Å². The molecule has 2 aromatic carbocycles. The van der Waals surface area contributed by atoms with E-state index in [0.717, 1.165) is 34.1 Å². The largest absolute Gasteiger partial charge is 0.493 e. The second-order valence-corrected chi connectivity index (χ2v) is 7.90. The van der Waals surface area contributed by atoms with Crippen molar-refractivity contribution >= 4 is 29.3 Å². The molecule has 0 aliphatic carbocycles. The molecule has 1 atom stereocenters. The molecule has 0 spiro atoms. The number of hydrogen-bond donors (Lipinski definition) is 1. The molecule has 144 valence electrons. The quantitative estimate of drug-likeness (QED) is 0.622. The lowest BCUT2D eigenvalue weighted by Gasteiger charge is -2.26. The van der Waals surface area contributed by atoms with Gasteiger partial charge in [0.1, 0.15) is 5.75 Å². The molecule has 0 saturated heterocycles. The van der Waals surface area contributed by atoms with Gasteiger partial charge >= 0.3 is 0 Å². The minimum Gasteiger partial charge on any atom is -0.493 e. The van der Waals surface area contributed by atoms with Crippen LogP contribution in [-0.2, 0) is 4.79 Å². The fraction of sp³-hybridized carbons (Fsp3) is 0.238. The molecule has 4 rings (SSSR count). The number of thioether (sulfide) groups is 1. The first kappa shape index (κ1) is 18.9. The number of ether oxygens (including phenoxy) is 1. The summed E-state index contributed by atoms with van der Waals surface area (Å²) in [5.41, 5.74) is 2.97. The monoisotopic (exact) mass is 413 g/mol. The summed E-state index contributed by atoms with van der Waals surface area (Å²) in [6.07, 6.45) is 4.38. The van der Waals surface area contributed by atoms with Crippen LogP contribution in [0.1, 0.15) is 23.6 Å². The topological polar surface area (TPSA) is 56.2 Å². The van der Waals surface area contributed by atoms with Crippen LogP contribution in [0, 0.1) is 6.92 Å². The Kier molecular flexibility index (Phi) is 5.59. The maximum Gasteiger partial charge on any atom is 0.230 e. The number of fused-ring (bicyclic) bond motifs is 1. The zero-order valence-electron chi connectivity index (χ0n) is 15.4. The van der Waals surface area contributed by atoms with Crippen LogP contribution in [-0.4, -0.2) is 27.8 Å². The Morgan fingerprint density at radius 3 is 3.07 bits per heavy atom. The van der Waals surface area contributed by atoms with Gasteiger partial charge in [-0.3, -0.25) is 9.36 Å². The molecule has 3 aromatic rings. The molecule has 1 aromatic heterocycles. The van der Waals surface area contributed by atoms with E-state index < -0.39 is 0 Å². The van der Waals surface area contributed by atoms with Gasteiger partial charge in [0.05, 0.1) is 24.1 Å². The van der Waals surface area contributed by atoms with Crippen molar-refractivity contribution in [3.05, 3.63) is 71.0 Å². The van der Waals surface area contributed by atoms with Gasteiger partial charge < -0.3 is 10.1 Å². The van der Waals surface area contributed by atoms with Crippen LogP contribution in [0.3, 0.4) is 0 Å².